The summed E-state index contributed by atoms with van der Waals surface area (Å²) in [7, 11) is 0. The van der Waals surface area contributed by atoms with Crippen LogP contribution >= 0.6 is 0 Å². The number of furan rings is 1. The molecule has 1 atom stereocenters. The minimum atomic E-state index is -0.0201. The number of fused-ring (bicyclic) bond motifs is 1. The largest absolute Gasteiger partial charge is 0.464 e. The van der Waals surface area contributed by atoms with Crippen molar-refractivity contribution < 1.29 is 18.8 Å². The number of hydrogen-bond donors (Lipinski definition) is 2. The van der Waals surface area contributed by atoms with Crippen LogP contribution in [0.3, 0.4) is 0 Å². The summed E-state index contributed by atoms with van der Waals surface area (Å²) in [6, 6.07) is 12.6. The lowest BCUT2D eigenvalue weighted by Gasteiger charge is -2.28. The Morgan fingerprint density at radius 3 is 2.53 bits per heavy atom. The molecule has 1 aliphatic heterocycles. The zero-order valence-corrected chi connectivity index (χ0v) is 18.1. The summed E-state index contributed by atoms with van der Waals surface area (Å²) in [4.78, 5) is 14.5. The fourth-order valence-corrected chi connectivity index (χ4v) is 4.15. The summed E-state index contributed by atoms with van der Waals surface area (Å²) in [5, 5.41) is 4.31. The second-order valence-electron chi connectivity index (χ2n) is 8.42. The van der Waals surface area contributed by atoms with Gasteiger partial charge in [0.15, 0.2) is 0 Å². The average Bonchev–Trinajstić information content (AvgIpc) is 3.15. The summed E-state index contributed by atoms with van der Waals surface area (Å²) < 4.78 is 11.3. The lowest BCUT2D eigenvalue weighted by atomic mass is 10.0. The van der Waals surface area contributed by atoms with Gasteiger partial charge in [0.2, 0.25) is 5.91 Å². The third-order valence-corrected chi connectivity index (χ3v) is 6.20. The lowest BCUT2D eigenvalue weighted by Crippen LogP contribution is -3.14. The molecule has 0 spiro atoms. The quantitative estimate of drug-likeness (QED) is 0.661. The highest BCUT2D eigenvalue weighted by Gasteiger charge is 2.23. The van der Waals surface area contributed by atoms with Crippen molar-refractivity contribution >= 4 is 16.9 Å². The molecule has 3 aromatic rings. The SMILES string of the molecule is Cc1ccc([C@H](C[NH+]2CCOCC2)NC(=O)Cc2coc3c(C)c(C)ccc23)cc1. The third kappa shape index (κ3) is 4.58. The number of carbonyl (C=O) groups is 1. The zero-order valence-electron chi connectivity index (χ0n) is 18.1. The van der Waals surface area contributed by atoms with Crippen LogP contribution in [0.5, 0.6) is 0 Å². The van der Waals surface area contributed by atoms with Crippen LogP contribution in [0.1, 0.15) is 33.9 Å². The molecule has 0 unspecified atom stereocenters. The Morgan fingerprint density at radius 2 is 1.80 bits per heavy atom. The zero-order chi connectivity index (χ0) is 21.1. The molecule has 0 bridgehead atoms. The monoisotopic (exact) mass is 407 g/mol. The molecule has 2 N–H and O–H groups in total. The molecule has 4 rings (SSSR count). The Labute approximate surface area is 178 Å². The maximum atomic E-state index is 13.0. The first-order valence-corrected chi connectivity index (χ1v) is 10.7. The van der Waals surface area contributed by atoms with Gasteiger partial charge in [0.05, 0.1) is 25.9 Å². The van der Waals surface area contributed by atoms with Crippen LogP contribution in [0.2, 0.25) is 0 Å². The van der Waals surface area contributed by atoms with E-state index in [1.54, 1.807) is 6.26 Å². The van der Waals surface area contributed by atoms with E-state index in [0.717, 1.165) is 60.5 Å². The fourth-order valence-electron chi connectivity index (χ4n) is 4.15. The number of nitrogens with one attached hydrogen (secondary N) is 2. The molecular formula is C25H31N2O3+. The summed E-state index contributed by atoms with van der Waals surface area (Å²) in [5.74, 6) is 0.0224. The second kappa shape index (κ2) is 9.02. The van der Waals surface area contributed by atoms with Crippen molar-refractivity contribution in [1.82, 2.24) is 5.32 Å². The predicted molar refractivity (Wildman–Crippen MR) is 118 cm³/mol. The molecule has 1 aliphatic rings. The first-order valence-electron chi connectivity index (χ1n) is 10.7. The van der Waals surface area contributed by atoms with Gasteiger partial charge in [-0.3, -0.25) is 4.79 Å². The van der Waals surface area contributed by atoms with E-state index < -0.39 is 0 Å². The molecule has 1 amide bonds. The van der Waals surface area contributed by atoms with Gasteiger partial charge in [-0.2, -0.15) is 0 Å². The minimum absolute atomic E-state index is 0.0201. The topological polar surface area (TPSA) is 55.9 Å². The molecule has 2 heterocycles. The van der Waals surface area contributed by atoms with Gasteiger partial charge in [-0.1, -0.05) is 42.0 Å². The molecule has 158 valence electrons. The van der Waals surface area contributed by atoms with Crippen LogP contribution in [0.4, 0.5) is 0 Å². The summed E-state index contributed by atoms with van der Waals surface area (Å²) in [5.41, 5.74) is 6.51. The molecule has 2 aromatic carbocycles. The molecule has 5 nitrogen and oxygen atoms in total. The highest BCUT2D eigenvalue weighted by molar-refractivity contribution is 5.89. The standard InChI is InChI=1S/C25H30N2O3/c1-17-4-7-20(8-5-17)23(15-27-10-12-29-13-11-27)26-24(28)14-21-16-30-25-19(3)18(2)6-9-22(21)25/h4-9,16,23H,10-15H2,1-3H3,(H,26,28)/p+1/t23-/m0/s1. The molecule has 0 aliphatic carbocycles. The predicted octanol–water partition coefficient (Wildman–Crippen LogP) is 2.67. The van der Waals surface area contributed by atoms with E-state index in [2.05, 4.69) is 62.5 Å². The fraction of sp³-hybridized carbons (Fsp3) is 0.400. The van der Waals surface area contributed by atoms with Crippen molar-refractivity contribution in [1.29, 1.82) is 0 Å². The molecular weight excluding hydrogens is 376 g/mol. The number of amides is 1. The van der Waals surface area contributed by atoms with Crippen molar-refractivity contribution in [2.75, 3.05) is 32.8 Å². The van der Waals surface area contributed by atoms with E-state index in [0.29, 0.717) is 6.42 Å². The van der Waals surface area contributed by atoms with E-state index in [1.165, 1.54) is 16.0 Å². The smallest absolute Gasteiger partial charge is 0.225 e. The van der Waals surface area contributed by atoms with Crippen molar-refractivity contribution in [3.63, 3.8) is 0 Å². The number of ether oxygens (including phenoxy) is 1. The van der Waals surface area contributed by atoms with Crippen LogP contribution in [-0.4, -0.2) is 38.8 Å². The Hall–Kier alpha value is -2.63. The van der Waals surface area contributed by atoms with Gasteiger partial charge in [0.1, 0.15) is 31.3 Å². The Bertz CT molecular complexity index is 1020. The van der Waals surface area contributed by atoms with Crippen molar-refractivity contribution in [3.8, 4) is 0 Å². The molecule has 0 radical (unpaired) electrons. The second-order valence-corrected chi connectivity index (χ2v) is 8.42. The minimum Gasteiger partial charge on any atom is -0.464 e. The normalized spacial score (nSPS) is 16.0. The van der Waals surface area contributed by atoms with E-state index in [4.69, 9.17) is 9.15 Å². The molecule has 30 heavy (non-hydrogen) atoms. The summed E-state index contributed by atoms with van der Waals surface area (Å²) in [6.07, 6.45) is 2.04. The number of aryl methyl sites for hydroxylation is 3. The Balaban J connectivity index is 1.51. The van der Waals surface area contributed by atoms with Crippen molar-refractivity contribution in [2.24, 2.45) is 0 Å². The third-order valence-electron chi connectivity index (χ3n) is 6.20. The highest BCUT2D eigenvalue weighted by atomic mass is 16.5. The molecule has 1 saturated heterocycles. The summed E-state index contributed by atoms with van der Waals surface area (Å²) >= 11 is 0. The number of quaternary nitrogens is 1. The van der Waals surface area contributed by atoms with Crippen molar-refractivity contribution in [2.45, 2.75) is 33.2 Å². The van der Waals surface area contributed by atoms with Gasteiger partial charge >= 0.3 is 0 Å². The van der Waals surface area contributed by atoms with Crippen molar-refractivity contribution in [3.05, 3.63) is 70.5 Å². The van der Waals surface area contributed by atoms with Gasteiger partial charge in [0, 0.05) is 10.9 Å². The van der Waals surface area contributed by atoms with E-state index >= 15 is 0 Å². The van der Waals surface area contributed by atoms with Crippen LogP contribution in [0, 0.1) is 20.8 Å². The maximum Gasteiger partial charge on any atom is 0.225 e. The van der Waals surface area contributed by atoms with Crippen LogP contribution in [0.25, 0.3) is 11.0 Å². The number of benzene rings is 2. The lowest BCUT2D eigenvalue weighted by molar-refractivity contribution is -0.909. The molecule has 1 fully saturated rings. The number of rotatable bonds is 6. The van der Waals surface area contributed by atoms with Gasteiger partial charge < -0.3 is 19.4 Å². The van der Waals surface area contributed by atoms with E-state index in [-0.39, 0.29) is 11.9 Å². The van der Waals surface area contributed by atoms with Crippen LogP contribution in [-0.2, 0) is 16.0 Å². The van der Waals surface area contributed by atoms with E-state index in [1.807, 2.05) is 0 Å². The first kappa shape index (κ1) is 20.6. The Morgan fingerprint density at radius 1 is 1.07 bits per heavy atom. The molecule has 5 heteroatoms. The highest BCUT2D eigenvalue weighted by Crippen LogP contribution is 2.27. The molecule has 0 saturated carbocycles. The van der Waals surface area contributed by atoms with Gasteiger partial charge in [-0.15, -0.1) is 0 Å². The molecule has 1 aromatic heterocycles. The Kier molecular flexibility index (Phi) is 6.21. The number of morpholine rings is 1. The first-order chi connectivity index (χ1) is 14.5. The number of hydrogen-bond acceptors (Lipinski definition) is 3. The van der Waals surface area contributed by atoms with E-state index in [9.17, 15) is 4.79 Å². The van der Waals surface area contributed by atoms with Gasteiger partial charge in [-0.05, 0) is 37.5 Å². The van der Waals surface area contributed by atoms with Crippen LogP contribution < -0.4 is 10.2 Å². The average molecular weight is 408 g/mol. The number of carbonyl (C=O) groups excluding carboxylic acids is 1. The maximum absolute atomic E-state index is 13.0. The summed E-state index contributed by atoms with van der Waals surface area (Å²) in [6.45, 7) is 10.6. The van der Waals surface area contributed by atoms with Gasteiger partial charge in [-0.25, -0.2) is 0 Å². The van der Waals surface area contributed by atoms with Crippen LogP contribution in [0.15, 0.2) is 47.1 Å². The van der Waals surface area contributed by atoms with Gasteiger partial charge in [0.25, 0.3) is 0 Å².